The molecule has 1 aromatic carbocycles. The Kier molecular flexibility index (Phi) is 2.89. The number of halogens is 2. The van der Waals surface area contributed by atoms with Crippen LogP contribution in [0.1, 0.15) is 5.56 Å². The van der Waals surface area contributed by atoms with Crippen molar-refractivity contribution in [2.75, 3.05) is 7.11 Å². The van der Waals surface area contributed by atoms with Crippen LogP contribution in [0.5, 0.6) is 5.75 Å². The lowest BCUT2D eigenvalue weighted by Gasteiger charge is -2.08. The van der Waals surface area contributed by atoms with Gasteiger partial charge in [-0.3, -0.25) is 0 Å². The number of benzene rings is 1. The smallest absolute Gasteiger partial charge is 0.165 e. The SMILES string of the molecule is COc1c(F)ccc(Cl)c1CN. The van der Waals surface area contributed by atoms with Crippen LogP contribution < -0.4 is 10.5 Å². The predicted molar refractivity (Wildman–Crippen MR) is 45.9 cm³/mol. The van der Waals surface area contributed by atoms with Crippen molar-refractivity contribution in [1.29, 1.82) is 0 Å². The molecular formula is C8H9ClFNO. The van der Waals surface area contributed by atoms with Gasteiger partial charge in [0.25, 0.3) is 0 Å². The molecule has 0 heterocycles. The van der Waals surface area contributed by atoms with Crippen LogP contribution in [0.4, 0.5) is 4.39 Å². The van der Waals surface area contributed by atoms with Crippen molar-refractivity contribution in [3.05, 3.63) is 28.5 Å². The molecule has 0 aliphatic heterocycles. The fourth-order valence-electron chi connectivity index (χ4n) is 0.986. The largest absolute Gasteiger partial charge is 0.493 e. The number of nitrogens with two attached hydrogens (primary N) is 1. The van der Waals surface area contributed by atoms with E-state index in [4.69, 9.17) is 22.1 Å². The molecule has 2 N–H and O–H groups in total. The van der Waals surface area contributed by atoms with E-state index in [0.29, 0.717) is 10.6 Å². The van der Waals surface area contributed by atoms with Gasteiger partial charge >= 0.3 is 0 Å². The standard InChI is InChI=1S/C8H9ClFNO/c1-12-8-5(4-11)6(9)2-3-7(8)10/h2-3H,4,11H2,1H3. The molecule has 0 atom stereocenters. The second kappa shape index (κ2) is 3.74. The highest BCUT2D eigenvalue weighted by Crippen LogP contribution is 2.28. The zero-order chi connectivity index (χ0) is 9.14. The first-order valence-electron chi connectivity index (χ1n) is 3.41. The highest BCUT2D eigenvalue weighted by Gasteiger charge is 2.10. The average Bonchev–Trinajstić information content (AvgIpc) is 2.08. The maximum absolute atomic E-state index is 13.0. The van der Waals surface area contributed by atoms with Crippen molar-refractivity contribution in [3.63, 3.8) is 0 Å². The molecule has 66 valence electrons. The van der Waals surface area contributed by atoms with Gasteiger partial charge in [-0.05, 0) is 12.1 Å². The van der Waals surface area contributed by atoms with Crippen LogP contribution in [-0.2, 0) is 6.54 Å². The maximum atomic E-state index is 13.0. The van der Waals surface area contributed by atoms with E-state index in [-0.39, 0.29) is 12.3 Å². The molecule has 0 aromatic heterocycles. The topological polar surface area (TPSA) is 35.2 Å². The third-order valence-electron chi connectivity index (χ3n) is 1.56. The van der Waals surface area contributed by atoms with E-state index in [1.807, 2.05) is 0 Å². The minimum Gasteiger partial charge on any atom is -0.493 e. The van der Waals surface area contributed by atoms with Crippen molar-refractivity contribution in [1.82, 2.24) is 0 Å². The summed E-state index contributed by atoms with van der Waals surface area (Å²) in [7, 11) is 1.38. The van der Waals surface area contributed by atoms with Crippen LogP contribution in [0, 0.1) is 5.82 Å². The van der Waals surface area contributed by atoms with Gasteiger partial charge in [0.05, 0.1) is 7.11 Å². The second-order valence-corrected chi connectivity index (χ2v) is 2.65. The normalized spacial score (nSPS) is 10.0. The van der Waals surface area contributed by atoms with E-state index in [0.717, 1.165) is 0 Å². The highest BCUT2D eigenvalue weighted by molar-refractivity contribution is 6.31. The van der Waals surface area contributed by atoms with Crippen LogP contribution in [0.3, 0.4) is 0 Å². The van der Waals surface area contributed by atoms with E-state index in [1.54, 1.807) is 0 Å². The molecule has 0 aliphatic carbocycles. The fraction of sp³-hybridized carbons (Fsp3) is 0.250. The highest BCUT2D eigenvalue weighted by atomic mass is 35.5. The molecular weight excluding hydrogens is 181 g/mol. The number of rotatable bonds is 2. The van der Waals surface area contributed by atoms with Crippen molar-refractivity contribution in [3.8, 4) is 5.75 Å². The Morgan fingerprint density at radius 1 is 1.58 bits per heavy atom. The summed E-state index contributed by atoms with van der Waals surface area (Å²) in [5.74, 6) is -0.313. The Hall–Kier alpha value is -0.800. The van der Waals surface area contributed by atoms with E-state index in [9.17, 15) is 4.39 Å². The summed E-state index contributed by atoms with van der Waals surface area (Å²) in [5.41, 5.74) is 5.86. The molecule has 1 rings (SSSR count). The molecule has 0 radical (unpaired) electrons. The van der Waals surface area contributed by atoms with E-state index < -0.39 is 5.82 Å². The van der Waals surface area contributed by atoms with Crippen LogP contribution in [0.15, 0.2) is 12.1 Å². The predicted octanol–water partition coefficient (Wildman–Crippen LogP) is 1.95. The first-order chi connectivity index (χ1) is 5.70. The summed E-state index contributed by atoms with van der Waals surface area (Å²) >= 11 is 5.75. The van der Waals surface area contributed by atoms with Gasteiger partial charge in [-0.1, -0.05) is 11.6 Å². The molecule has 0 fully saturated rings. The quantitative estimate of drug-likeness (QED) is 0.772. The summed E-state index contributed by atoms with van der Waals surface area (Å²) in [4.78, 5) is 0. The zero-order valence-electron chi connectivity index (χ0n) is 6.60. The van der Waals surface area contributed by atoms with Crippen molar-refractivity contribution in [2.24, 2.45) is 5.73 Å². The number of hydrogen-bond donors (Lipinski definition) is 1. The Balaban J connectivity index is 3.28. The third kappa shape index (κ3) is 1.52. The van der Waals surface area contributed by atoms with Gasteiger partial charge < -0.3 is 10.5 Å². The summed E-state index contributed by atoms with van der Waals surface area (Å²) in [6.45, 7) is 0.166. The van der Waals surface area contributed by atoms with Gasteiger partial charge in [-0.15, -0.1) is 0 Å². The van der Waals surface area contributed by atoms with Crippen LogP contribution >= 0.6 is 11.6 Å². The maximum Gasteiger partial charge on any atom is 0.165 e. The Morgan fingerprint density at radius 2 is 2.25 bits per heavy atom. The van der Waals surface area contributed by atoms with Crippen LogP contribution in [0.25, 0.3) is 0 Å². The second-order valence-electron chi connectivity index (χ2n) is 2.25. The summed E-state index contributed by atoms with van der Waals surface area (Å²) in [6.07, 6.45) is 0. The van der Waals surface area contributed by atoms with Gasteiger partial charge in [0.15, 0.2) is 11.6 Å². The number of hydrogen-bond acceptors (Lipinski definition) is 2. The number of ether oxygens (including phenoxy) is 1. The minimum atomic E-state index is -0.442. The minimum absolute atomic E-state index is 0.130. The lowest BCUT2D eigenvalue weighted by molar-refractivity contribution is 0.381. The van der Waals surface area contributed by atoms with Crippen molar-refractivity contribution in [2.45, 2.75) is 6.54 Å². The van der Waals surface area contributed by atoms with Gasteiger partial charge in [-0.25, -0.2) is 4.39 Å². The van der Waals surface area contributed by atoms with Crippen molar-refractivity contribution < 1.29 is 9.13 Å². The molecule has 0 aliphatic rings. The van der Waals surface area contributed by atoms with Crippen molar-refractivity contribution >= 4 is 11.6 Å². The third-order valence-corrected chi connectivity index (χ3v) is 1.92. The molecule has 12 heavy (non-hydrogen) atoms. The Bertz CT molecular complexity index is 262. The average molecular weight is 190 g/mol. The van der Waals surface area contributed by atoms with Gasteiger partial charge in [0.1, 0.15) is 0 Å². The van der Waals surface area contributed by atoms with E-state index in [2.05, 4.69) is 0 Å². The summed E-state index contributed by atoms with van der Waals surface area (Å²) < 4.78 is 17.8. The first kappa shape index (κ1) is 9.29. The molecule has 0 saturated carbocycles. The van der Waals surface area contributed by atoms with Gasteiger partial charge in [-0.2, -0.15) is 0 Å². The Morgan fingerprint density at radius 3 is 2.67 bits per heavy atom. The monoisotopic (exact) mass is 189 g/mol. The molecule has 2 nitrogen and oxygen atoms in total. The van der Waals surface area contributed by atoms with E-state index in [1.165, 1.54) is 19.2 Å². The summed E-state index contributed by atoms with van der Waals surface area (Å²) in [6, 6.07) is 2.71. The molecule has 0 amide bonds. The molecule has 1 aromatic rings. The van der Waals surface area contributed by atoms with Crippen LogP contribution in [0.2, 0.25) is 5.02 Å². The summed E-state index contributed by atoms with van der Waals surface area (Å²) in [5, 5.41) is 0.427. The molecule has 4 heteroatoms. The fourth-order valence-corrected chi connectivity index (χ4v) is 1.21. The lowest BCUT2D eigenvalue weighted by Crippen LogP contribution is -2.02. The van der Waals surface area contributed by atoms with Crippen LogP contribution in [-0.4, -0.2) is 7.11 Å². The molecule has 0 unspecified atom stereocenters. The Labute approximate surface area is 75.1 Å². The van der Waals surface area contributed by atoms with Gasteiger partial charge in [0, 0.05) is 17.1 Å². The molecule has 0 saturated heterocycles. The first-order valence-corrected chi connectivity index (χ1v) is 3.79. The molecule has 0 bridgehead atoms. The van der Waals surface area contributed by atoms with E-state index >= 15 is 0 Å². The zero-order valence-corrected chi connectivity index (χ0v) is 7.36. The molecule has 0 spiro atoms. The lowest BCUT2D eigenvalue weighted by atomic mass is 10.2. The number of methoxy groups -OCH3 is 1. The van der Waals surface area contributed by atoms with Gasteiger partial charge in [0.2, 0.25) is 0 Å².